The summed E-state index contributed by atoms with van der Waals surface area (Å²) in [5, 5.41) is 19.9. The summed E-state index contributed by atoms with van der Waals surface area (Å²) < 4.78 is 31.8. The van der Waals surface area contributed by atoms with E-state index >= 15 is 0 Å². The third-order valence-electron chi connectivity index (χ3n) is 4.08. The largest absolute Gasteiger partial charge is 0.240 e. The van der Waals surface area contributed by atoms with E-state index in [2.05, 4.69) is 10.2 Å². The molecule has 0 bridgehead atoms. The summed E-state index contributed by atoms with van der Waals surface area (Å²) >= 11 is 0. The molecule has 2 heterocycles. The average Bonchev–Trinajstić information content (AvgIpc) is 3.33. The van der Waals surface area contributed by atoms with E-state index in [0.717, 1.165) is 0 Å². The lowest BCUT2D eigenvalue weighted by molar-refractivity contribution is 0.177. The lowest BCUT2D eigenvalue weighted by Gasteiger charge is -2.16. The van der Waals surface area contributed by atoms with E-state index in [4.69, 9.17) is 0 Å². The molecule has 0 saturated heterocycles. The fourth-order valence-corrected chi connectivity index (χ4v) is 2.94. The summed E-state index contributed by atoms with van der Waals surface area (Å²) in [7, 11) is 0. The van der Waals surface area contributed by atoms with Gasteiger partial charge in [0.15, 0.2) is 0 Å². The molecule has 1 radical (unpaired) electrons. The molecule has 0 atom stereocenters. The number of rotatable bonds is 4. The molecule has 2 aromatic carbocycles. The number of nitrogens with zero attached hydrogens (tertiary/aromatic N) is 4. The fraction of sp³-hybridized carbons (Fsp3) is 0.0526. The van der Waals surface area contributed by atoms with Crippen LogP contribution in [0.1, 0.15) is 5.56 Å². The smallest absolute Gasteiger partial charge is 0.148 e. The van der Waals surface area contributed by atoms with Crippen LogP contribution in [0.5, 0.6) is 0 Å². The SMILES string of the molecule is [O]Cc1ccc(F)c(-c2ccnn2-c2ccccc2F)c1-n1cccn1. The summed E-state index contributed by atoms with van der Waals surface area (Å²) in [6.07, 6.45) is 4.62. The highest BCUT2D eigenvalue weighted by Gasteiger charge is 2.21. The molecule has 26 heavy (non-hydrogen) atoms. The van der Waals surface area contributed by atoms with Gasteiger partial charge in [-0.2, -0.15) is 10.2 Å². The van der Waals surface area contributed by atoms with Crippen molar-refractivity contribution in [2.75, 3.05) is 0 Å². The molecule has 0 aliphatic heterocycles. The van der Waals surface area contributed by atoms with Crippen LogP contribution >= 0.6 is 0 Å². The molecule has 0 N–H and O–H groups in total. The normalized spacial score (nSPS) is 11.0. The van der Waals surface area contributed by atoms with Gasteiger partial charge in [-0.25, -0.2) is 23.3 Å². The zero-order valence-corrected chi connectivity index (χ0v) is 13.5. The molecule has 4 aromatic rings. The highest BCUT2D eigenvalue weighted by atomic mass is 19.1. The van der Waals surface area contributed by atoms with Crippen LogP contribution in [0.25, 0.3) is 22.6 Å². The van der Waals surface area contributed by atoms with Crippen LogP contribution < -0.4 is 0 Å². The fourth-order valence-electron chi connectivity index (χ4n) is 2.94. The zero-order valence-electron chi connectivity index (χ0n) is 13.5. The monoisotopic (exact) mass is 351 g/mol. The van der Waals surface area contributed by atoms with E-state index in [9.17, 15) is 13.9 Å². The predicted octanol–water partition coefficient (Wildman–Crippen LogP) is 3.93. The Kier molecular flexibility index (Phi) is 4.06. The van der Waals surface area contributed by atoms with Crippen molar-refractivity contribution in [3.05, 3.63) is 84.3 Å². The number of hydrogen-bond donors (Lipinski definition) is 0. The Balaban J connectivity index is 2.02. The minimum Gasteiger partial charge on any atom is -0.240 e. The zero-order chi connectivity index (χ0) is 18.1. The number of halogens is 2. The molecule has 0 fully saturated rings. The van der Waals surface area contributed by atoms with Gasteiger partial charge in [0.25, 0.3) is 0 Å². The summed E-state index contributed by atoms with van der Waals surface area (Å²) in [5.74, 6) is -1.04. The second-order valence-corrected chi connectivity index (χ2v) is 5.60. The van der Waals surface area contributed by atoms with Gasteiger partial charge >= 0.3 is 0 Å². The lowest BCUT2D eigenvalue weighted by Crippen LogP contribution is -2.08. The van der Waals surface area contributed by atoms with Crippen molar-refractivity contribution < 1.29 is 13.9 Å². The summed E-state index contributed by atoms with van der Waals surface area (Å²) in [5.41, 5.74) is 1.36. The molecule has 129 valence electrons. The first-order valence-corrected chi connectivity index (χ1v) is 7.89. The molecule has 0 spiro atoms. The molecule has 2 aromatic heterocycles. The third kappa shape index (κ3) is 2.58. The van der Waals surface area contributed by atoms with Gasteiger partial charge in [-0.15, -0.1) is 0 Å². The van der Waals surface area contributed by atoms with Crippen molar-refractivity contribution in [1.82, 2.24) is 19.6 Å². The molecule has 0 unspecified atom stereocenters. The summed E-state index contributed by atoms with van der Waals surface area (Å²) in [6.45, 7) is -0.545. The number of para-hydroxylation sites is 1. The van der Waals surface area contributed by atoms with Gasteiger partial charge in [0, 0.05) is 18.0 Å². The van der Waals surface area contributed by atoms with Gasteiger partial charge in [-0.05, 0) is 30.3 Å². The Labute approximate surface area is 147 Å². The maximum Gasteiger partial charge on any atom is 0.148 e. The molecule has 0 saturated carbocycles. The second kappa shape index (κ2) is 6.53. The van der Waals surface area contributed by atoms with Gasteiger partial charge in [0.05, 0.1) is 23.1 Å². The molecule has 0 aliphatic carbocycles. The predicted molar refractivity (Wildman–Crippen MR) is 90.4 cm³/mol. The lowest BCUT2D eigenvalue weighted by atomic mass is 10.0. The van der Waals surface area contributed by atoms with Crippen molar-refractivity contribution in [3.63, 3.8) is 0 Å². The molecular formula is C19H13F2N4O. The quantitative estimate of drug-likeness (QED) is 0.559. The Morgan fingerprint density at radius 2 is 1.73 bits per heavy atom. The van der Waals surface area contributed by atoms with Crippen molar-refractivity contribution in [1.29, 1.82) is 0 Å². The van der Waals surface area contributed by atoms with E-state index < -0.39 is 18.2 Å². The molecular weight excluding hydrogens is 338 g/mol. The highest BCUT2D eigenvalue weighted by molar-refractivity contribution is 5.74. The molecule has 0 amide bonds. The van der Waals surface area contributed by atoms with E-state index in [1.165, 1.54) is 40.0 Å². The molecule has 7 heteroatoms. The van der Waals surface area contributed by atoms with Crippen LogP contribution in [0.3, 0.4) is 0 Å². The van der Waals surface area contributed by atoms with Crippen molar-refractivity contribution >= 4 is 0 Å². The summed E-state index contributed by atoms with van der Waals surface area (Å²) in [4.78, 5) is 0. The van der Waals surface area contributed by atoms with Gasteiger partial charge in [-0.3, -0.25) is 0 Å². The van der Waals surface area contributed by atoms with E-state index in [1.807, 2.05) is 0 Å². The highest BCUT2D eigenvalue weighted by Crippen LogP contribution is 2.33. The Morgan fingerprint density at radius 1 is 0.885 bits per heavy atom. The van der Waals surface area contributed by atoms with Crippen LogP contribution in [0, 0.1) is 11.6 Å². The Bertz CT molecular complexity index is 1060. The minimum atomic E-state index is -0.550. The first-order chi connectivity index (χ1) is 12.7. The maximum atomic E-state index is 14.8. The van der Waals surface area contributed by atoms with Crippen LogP contribution in [0.4, 0.5) is 8.78 Å². The second-order valence-electron chi connectivity index (χ2n) is 5.60. The Morgan fingerprint density at radius 3 is 2.46 bits per heavy atom. The van der Waals surface area contributed by atoms with Gasteiger partial charge in [-0.1, -0.05) is 18.2 Å². The molecule has 4 rings (SSSR count). The van der Waals surface area contributed by atoms with Gasteiger partial charge < -0.3 is 0 Å². The summed E-state index contributed by atoms with van der Waals surface area (Å²) in [6, 6.07) is 12.0. The first-order valence-electron chi connectivity index (χ1n) is 7.89. The molecule has 0 aliphatic rings. The molecule has 5 nitrogen and oxygen atoms in total. The maximum absolute atomic E-state index is 14.8. The number of hydrogen-bond acceptors (Lipinski definition) is 2. The number of benzene rings is 2. The first kappa shape index (κ1) is 16.2. The number of aromatic nitrogens is 4. The standard InChI is InChI=1S/C19H13F2N4O/c20-14-4-1-2-5-16(14)25-17(8-10-23-25)18-15(21)7-6-13(12-26)19(18)24-11-3-9-22-24/h1-11H,12H2. The van der Waals surface area contributed by atoms with Crippen molar-refractivity contribution in [2.24, 2.45) is 0 Å². The Hall–Kier alpha value is -3.32. The topological polar surface area (TPSA) is 55.5 Å². The average molecular weight is 351 g/mol. The van der Waals surface area contributed by atoms with Gasteiger partial charge in [0.2, 0.25) is 0 Å². The van der Waals surface area contributed by atoms with E-state index in [1.54, 1.807) is 36.5 Å². The van der Waals surface area contributed by atoms with E-state index in [-0.39, 0.29) is 11.3 Å². The van der Waals surface area contributed by atoms with E-state index in [0.29, 0.717) is 16.9 Å². The van der Waals surface area contributed by atoms with Gasteiger partial charge in [0.1, 0.15) is 23.9 Å². The van der Waals surface area contributed by atoms with Crippen molar-refractivity contribution in [3.8, 4) is 22.6 Å². The van der Waals surface area contributed by atoms with Crippen molar-refractivity contribution in [2.45, 2.75) is 6.61 Å². The minimum absolute atomic E-state index is 0.141. The van der Waals surface area contributed by atoms with Crippen LogP contribution in [-0.2, 0) is 11.7 Å². The van der Waals surface area contributed by atoms with Crippen LogP contribution in [0.15, 0.2) is 67.1 Å². The van der Waals surface area contributed by atoms with Crippen LogP contribution in [0.2, 0.25) is 0 Å². The third-order valence-corrected chi connectivity index (χ3v) is 4.08. The van der Waals surface area contributed by atoms with Crippen LogP contribution in [-0.4, -0.2) is 19.6 Å².